The minimum atomic E-state index is -4.04. The van der Waals surface area contributed by atoms with Crippen LogP contribution in [0.2, 0.25) is 5.02 Å². The fourth-order valence-electron chi connectivity index (χ4n) is 2.75. The summed E-state index contributed by atoms with van der Waals surface area (Å²) in [5.41, 5.74) is -0.219. The molecule has 2 aromatic rings. The largest absolute Gasteiger partial charge is 0.449 e. The van der Waals surface area contributed by atoms with Gasteiger partial charge in [0.1, 0.15) is 0 Å². The van der Waals surface area contributed by atoms with Gasteiger partial charge >= 0.3 is 5.97 Å². The van der Waals surface area contributed by atoms with E-state index in [9.17, 15) is 18.0 Å². The monoisotopic (exact) mass is 478 g/mol. The summed E-state index contributed by atoms with van der Waals surface area (Å²) in [6, 6.07) is 12.3. The molecule has 0 bridgehead atoms. The van der Waals surface area contributed by atoms with Crippen LogP contribution >= 0.6 is 11.6 Å². The zero-order valence-corrected chi connectivity index (χ0v) is 20.0. The molecular weight excluding hydrogens is 452 g/mol. The Hall–Kier alpha value is -2.84. The highest BCUT2D eigenvalue weighted by Gasteiger charge is 2.28. The highest BCUT2D eigenvalue weighted by molar-refractivity contribution is 7.92. The number of anilines is 1. The summed E-state index contributed by atoms with van der Waals surface area (Å²) in [4.78, 5) is 24.8. The Kier molecular flexibility index (Phi) is 8.09. The summed E-state index contributed by atoms with van der Waals surface area (Å²) in [5, 5.41) is 2.72. The molecule has 0 aliphatic rings. The molecule has 0 fully saturated rings. The molecule has 0 saturated carbocycles. The molecule has 0 spiro atoms. The zero-order valence-electron chi connectivity index (χ0n) is 18.5. The second-order valence-electron chi connectivity index (χ2n) is 8.09. The van der Waals surface area contributed by atoms with Gasteiger partial charge in [0, 0.05) is 5.54 Å². The Morgan fingerprint density at radius 2 is 1.81 bits per heavy atom. The number of halogens is 1. The van der Waals surface area contributed by atoms with Gasteiger partial charge in [-0.1, -0.05) is 35.9 Å². The summed E-state index contributed by atoms with van der Waals surface area (Å²) in [6.07, 6.45) is 0.366. The molecule has 1 unspecified atom stereocenters. The van der Waals surface area contributed by atoms with Crippen molar-refractivity contribution in [2.75, 3.05) is 10.8 Å². The van der Waals surface area contributed by atoms with Crippen LogP contribution in [0.25, 0.3) is 0 Å². The van der Waals surface area contributed by atoms with E-state index in [-0.39, 0.29) is 22.0 Å². The van der Waals surface area contributed by atoms with Crippen LogP contribution in [0.1, 0.15) is 38.1 Å². The number of carbonyl (C=O) groups excluding carboxylic acids is 2. The third kappa shape index (κ3) is 6.34. The van der Waals surface area contributed by atoms with Crippen LogP contribution in [0.3, 0.4) is 0 Å². The third-order valence-corrected chi connectivity index (χ3v) is 6.36. The predicted molar refractivity (Wildman–Crippen MR) is 125 cm³/mol. The van der Waals surface area contributed by atoms with Gasteiger partial charge in [-0.3, -0.25) is 9.10 Å². The first-order valence-electron chi connectivity index (χ1n) is 9.88. The average Bonchev–Trinajstić information content (AvgIpc) is 2.71. The molecule has 0 radical (unpaired) electrons. The van der Waals surface area contributed by atoms with E-state index in [2.05, 4.69) is 11.9 Å². The lowest BCUT2D eigenvalue weighted by molar-refractivity contribution is -0.130. The number of benzene rings is 2. The van der Waals surface area contributed by atoms with Gasteiger partial charge in [-0.25, -0.2) is 13.2 Å². The molecule has 2 aromatic carbocycles. The number of hydrogen-bond donors (Lipinski definition) is 1. The van der Waals surface area contributed by atoms with E-state index in [4.69, 9.17) is 16.3 Å². The summed E-state index contributed by atoms with van der Waals surface area (Å²) in [7, 11) is -4.04. The first-order chi connectivity index (χ1) is 14.9. The van der Waals surface area contributed by atoms with E-state index < -0.39 is 33.5 Å². The van der Waals surface area contributed by atoms with Crippen molar-refractivity contribution in [3.8, 4) is 0 Å². The quantitative estimate of drug-likeness (QED) is 0.453. The molecule has 0 aliphatic carbocycles. The minimum absolute atomic E-state index is 0.00682. The van der Waals surface area contributed by atoms with Crippen molar-refractivity contribution in [1.29, 1.82) is 0 Å². The van der Waals surface area contributed by atoms with Crippen LogP contribution in [0.15, 0.2) is 66.1 Å². The Morgan fingerprint density at radius 1 is 1.19 bits per heavy atom. The number of esters is 1. The number of carbonyl (C=O) groups is 2. The molecule has 0 heterocycles. The Labute approximate surface area is 194 Å². The summed E-state index contributed by atoms with van der Waals surface area (Å²) >= 11 is 6.14. The van der Waals surface area contributed by atoms with Crippen molar-refractivity contribution in [3.05, 3.63) is 71.8 Å². The predicted octanol–water partition coefficient (Wildman–Crippen LogP) is 4.18. The van der Waals surface area contributed by atoms with Crippen LogP contribution in [0.4, 0.5) is 5.69 Å². The topological polar surface area (TPSA) is 92.8 Å². The van der Waals surface area contributed by atoms with Gasteiger partial charge in [-0.05, 0) is 58.0 Å². The highest BCUT2D eigenvalue weighted by Crippen LogP contribution is 2.27. The normalized spacial score (nSPS) is 12.5. The fraction of sp³-hybridized carbons (Fsp3) is 0.304. The summed E-state index contributed by atoms with van der Waals surface area (Å²) < 4.78 is 33.0. The van der Waals surface area contributed by atoms with E-state index >= 15 is 0 Å². The van der Waals surface area contributed by atoms with Gasteiger partial charge in [0.2, 0.25) is 0 Å². The van der Waals surface area contributed by atoms with Crippen LogP contribution in [0.5, 0.6) is 0 Å². The number of rotatable bonds is 8. The first-order valence-corrected chi connectivity index (χ1v) is 11.7. The zero-order chi connectivity index (χ0) is 24.1. The molecule has 172 valence electrons. The molecule has 0 aromatic heterocycles. The van der Waals surface area contributed by atoms with E-state index in [0.29, 0.717) is 5.69 Å². The maximum Gasteiger partial charge on any atom is 0.340 e. The molecule has 7 nitrogen and oxygen atoms in total. The lowest BCUT2D eigenvalue weighted by Gasteiger charge is -2.24. The second-order valence-corrected chi connectivity index (χ2v) is 10.4. The minimum Gasteiger partial charge on any atom is -0.449 e. The number of ether oxygens (including phenoxy) is 1. The van der Waals surface area contributed by atoms with Gasteiger partial charge in [0.25, 0.3) is 15.9 Å². The van der Waals surface area contributed by atoms with Crippen LogP contribution in [-0.2, 0) is 19.6 Å². The number of nitrogens with one attached hydrogen (secondary N) is 1. The lowest BCUT2D eigenvalue weighted by Crippen LogP contribution is -2.46. The van der Waals surface area contributed by atoms with Gasteiger partial charge in [-0.15, -0.1) is 6.58 Å². The van der Waals surface area contributed by atoms with E-state index in [1.54, 1.807) is 51.1 Å². The average molecular weight is 479 g/mol. The molecule has 0 aliphatic heterocycles. The highest BCUT2D eigenvalue weighted by atomic mass is 35.5. The maximum atomic E-state index is 13.3. The fourth-order valence-corrected chi connectivity index (χ4v) is 4.41. The van der Waals surface area contributed by atoms with Gasteiger partial charge in [0.15, 0.2) is 6.10 Å². The molecule has 1 amide bonds. The second kappa shape index (κ2) is 10.2. The van der Waals surface area contributed by atoms with Crippen LogP contribution in [-0.4, -0.2) is 38.5 Å². The molecule has 32 heavy (non-hydrogen) atoms. The number of para-hydroxylation sites is 1. The Bertz CT molecular complexity index is 1100. The van der Waals surface area contributed by atoms with Gasteiger partial charge in [0.05, 0.1) is 27.7 Å². The summed E-state index contributed by atoms with van der Waals surface area (Å²) in [5.74, 6) is -1.38. The molecule has 0 saturated heterocycles. The third-order valence-electron chi connectivity index (χ3n) is 4.24. The van der Waals surface area contributed by atoms with Crippen LogP contribution < -0.4 is 9.62 Å². The number of hydrogen-bond acceptors (Lipinski definition) is 5. The van der Waals surface area contributed by atoms with Crippen molar-refractivity contribution in [1.82, 2.24) is 5.32 Å². The van der Waals surface area contributed by atoms with Crippen LogP contribution in [0, 0.1) is 0 Å². The Morgan fingerprint density at radius 3 is 2.38 bits per heavy atom. The molecular formula is C23H27ClN2O5S. The van der Waals surface area contributed by atoms with E-state index in [1.807, 2.05) is 0 Å². The van der Waals surface area contributed by atoms with Crippen molar-refractivity contribution in [3.63, 3.8) is 0 Å². The number of nitrogens with zero attached hydrogens (tertiary/aromatic N) is 1. The molecule has 2 rings (SSSR count). The lowest BCUT2D eigenvalue weighted by atomic mass is 10.1. The molecule has 1 N–H and O–H groups in total. The van der Waals surface area contributed by atoms with Gasteiger partial charge < -0.3 is 10.1 Å². The number of amides is 1. The van der Waals surface area contributed by atoms with Crippen molar-refractivity contribution >= 4 is 39.2 Å². The summed E-state index contributed by atoms with van der Waals surface area (Å²) in [6.45, 7) is 10.5. The van der Waals surface area contributed by atoms with E-state index in [0.717, 1.165) is 10.4 Å². The van der Waals surface area contributed by atoms with Crippen molar-refractivity contribution < 1.29 is 22.7 Å². The molecule has 9 heteroatoms. The maximum absolute atomic E-state index is 13.3. The van der Waals surface area contributed by atoms with Crippen molar-refractivity contribution in [2.24, 2.45) is 0 Å². The van der Waals surface area contributed by atoms with Gasteiger partial charge in [-0.2, -0.15) is 0 Å². The first kappa shape index (κ1) is 25.4. The van der Waals surface area contributed by atoms with E-state index in [1.165, 1.54) is 25.1 Å². The standard InChI is InChI=1S/C23H27ClN2O5S/c1-6-14-26(17-10-8-7-9-11-17)32(29,30)18-12-13-20(24)19(15-18)22(28)31-16(2)21(27)25-23(3,4)5/h6-13,15-16H,1,14H2,2-5H3,(H,25,27). The smallest absolute Gasteiger partial charge is 0.340 e. The SMILES string of the molecule is C=CCN(c1ccccc1)S(=O)(=O)c1ccc(Cl)c(C(=O)OC(C)C(=O)NC(C)(C)C)c1. The molecule has 1 atom stereocenters. The van der Waals surface area contributed by atoms with Crippen molar-refractivity contribution in [2.45, 2.75) is 44.2 Å². The Balaban J connectivity index is 2.36. The number of sulfonamides is 1.